The zero-order valence-electron chi connectivity index (χ0n) is 16.7. The molecule has 1 atom stereocenters. The van der Waals surface area contributed by atoms with E-state index in [-0.39, 0.29) is 12.1 Å². The van der Waals surface area contributed by atoms with Crippen molar-refractivity contribution in [2.75, 3.05) is 19.8 Å². The van der Waals surface area contributed by atoms with Crippen molar-refractivity contribution in [3.63, 3.8) is 0 Å². The fourth-order valence-electron chi connectivity index (χ4n) is 3.19. The second kappa shape index (κ2) is 9.35. The van der Waals surface area contributed by atoms with E-state index < -0.39 is 0 Å². The molecule has 0 radical (unpaired) electrons. The lowest BCUT2D eigenvalue weighted by Gasteiger charge is -2.14. The van der Waals surface area contributed by atoms with E-state index in [1.54, 1.807) is 0 Å². The zero-order valence-corrected chi connectivity index (χ0v) is 16.7. The Bertz CT molecular complexity index is 822. The molecule has 1 heterocycles. The summed E-state index contributed by atoms with van der Waals surface area (Å²) in [5.41, 5.74) is 3.19. The summed E-state index contributed by atoms with van der Waals surface area (Å²) in [4.78, 5) is 12.1. The Kier molecular flexibility index (Phi) is 6.63. The highest BCUT2D eigenvalue weighted by Gasteiger charge is 2.22. The summed E-state index contributed by atoms with van der Waals surface area (Å²) in [6.45, 7) is 7.78. The summed E-state index contributed by atoms with van der Waals surface area (Å²) in [7, 11) is 0. The van der Waals surface area contributed by atoms with E-state index in [1.165, 1.54) is 0 Å². The van der Waals surface area contributed by atoms with Crippen LogP contribution in [0, 0.1) is 6.92 Å². The third-order valence-electron chi connectivity index (χ3n) is 4.46. The third-order valence-corrected chi connectivity index (χ3v) is 4.46. The van der Waals surface area contributed by atoms with Crippen molar-refractivity contribution in [1.82, 2.24) is 10.6 Å². The summed E-state index contributed by atoms with van der Waals surface area (Å²) in [6, 6.07) is 11.6. The van der Waals surface area contributed by atoms with Crippen LogP contribution in [-0.4, -0.2) is 31.9 Å². The molecule has 2 amide bonds. The number of hydrogen-bond acceptors (Lipinski definition) is 4. The van der Waals surface area contributed by atoms with Crippen LogP contribution in [0.3, 0.4) is 0 Å². The van der Waals surface area contributed by atoms with Gasteiger partial charge in [0.25, 0.3) is 0 Å². The number of nitrogens with one attached hydrogen (secondary N) is 2. The maximum Gasteiger partial charge on any atom is 0.315 e. The van der Waals surface area contributed by atoms with Crippen molar-refractivity contribution >= 4 is 6.03 Å². The molecule has 1 aliphatic heterocycles. The summed E-state index contributed by atoms with van der Waals surface area (Å²) in [6.07, 6.45) is 1.05. The fourth-order valence-corrected chi connectivity index (χ4v) is 3.19. The Balaban J connectivity index is 1.47. The standard InChI is InChI=1S/C22H28N2O4/c1-4-26-20-12-17-11-16(3)28-21(17)13-18(20)14-24-22(25)23-8-9-27-19-7-5-6-15(2)10-19/h5-7,10,12-13,16H,4,8-9,11,14H2,1-3H3,(H2,23,24,25). The van der Waals surface area contributed by atoms with E-state index in [2.05, 4.69) is 10.6 Å². The molecule has 28 heavy (non-hydrogen) atoms. The molecule has 0 bridgehead atoms. The molecule has 0 aliphatic carbocycles. The number of carbonyl (C=O) groups is 1. The molecule has 0 spiro atoms. The molecule has 0 saturated heterocycles. The lowest BCUT2D eigenvalue weighted by Crippen LogP contribution is -2.37. The molecule has 6 heteroatoms. The molecule has 1 aliphatic rings. The van der Waals surface area contributed by atoms with E-state index in [0.717, 1.165) is 40.4 Å². The molecule has 0 fully saturated rings. The average molecular weight is 384 g/mol. The van der Waals surface area contributed by atoms with Crippen molar-refractivity contribution in [2.24, 2.45) is 0 Å². The minimum absolute atomic E-state index is 0.171. The van der Waals surface area contributed by atoms with E-state index in [4.69, 9.17) is 14.2 Å². The van der Waals surface area contributed by atoms with Crippen molar-refractivity contribution < 1.29 is 19.0 Å². The molecule has 6 nitrogen and oxygen atoms in total. The molecule has 3 rings (SSSR count). The van der Waals surface area contributed by atoms with Crippen LogP contribution in [0.25, 0.3) is 0 Å². The zero-order chi connectivity index (χ0) is 19.9. The van der Waals surface area contributed by atoms with Gasteiger partial charge in [-0.25, -0.2) is 4.79 Å². The minimum Gasteiger partial charge on any atom is -0.494 e. The number of carbonyl (C=O) groups excluding carboxylic acids is 1. The van der Waals surface area contributed by atoms with Gasteiger partial charge in [0.15, 0.2) is 0 Å². The molecule has 2 aromatic carbocycles. The van der Waals surface area contributed by atoms with Gasteiger partial charge in [-0.3, -0.25) is 0 Å². The number of benzene rings is 2. The van der Waals surface area contributed by atoms with Gasteiger partial charge in [-0.15, -0.1) is 0 Å². The molecule has 1 unspecified atom stereocenters. The van der Waals surface area contributed by atoms with Crippen LogP contribution in [0.5, 0.6) is 17.2 Å². The highest BCUT2D eigenvalue weighted by atomic mass is 16.5. The van der Waals surface area contributed by atoms with Gasteiger partial charge in [0.2, 0.25) is 0 Å². The third kappa shape index (κ3) is 5.31. The molecular formula is C22H28N2O4. The van der Waals surface area contributed by atoms with Crippen LogP contribution in [-0.2, 0) is 13.0 Å². The Morgan fingerprint density at radius 1 is 1.21 bits per heavy atom. The highest BCUT2D eigenvalue weighted by Crippen LogP contribution is 2.35. The Morgan fingerprint density at radius 3 is 2.86 bits per heavy atom. The molecule has 2 N–H and O–H groups in total. The van der Waals surface area contributed by atoms with Crippen LogP contribution >= 0.6 is 0 Å². The van der Waals surface area contributed by atoms with Gasteiger partial charge in [0, 0.05) is 24.1 Å². The number of fused-ring (bicyclic) bond motifs is 1. The van der Waals surface area contributed by atoms with Crippen LogP contribution < -0.4 is 24.8 Å². The quantitative estimate of drug-likeness (QED) is 0.683. The van der Waals surface area contributed by atoms with Crippen molar-refractivity contribution in [2.45, 2.75) is 39.8 Å². The van der Waals surface area contributed by atoms with E-state index in [0.29, 0.717) is 26.3 Å². The number of urea groups is 1. The van der Waals surface area contributed by atoms with Gasteiger partial charge < -0.3 is 24.8 Å². The fraction of sp³-hybridized carbons (Fsp3) is 0.409. The largest absolute Gasteiger partial charge is 0.494 e. The normalized spacial score (nSPS) is 14.8. The Hall–Kier alpha value is -2.89. The van der Waals surface area contributed by atoms with Crippen LogP contribution in [0.1, 0.15) is 30.5 Å². The average Bonchev–Trinajstić information content (AvgIpc) is 3.02. The first kappa shape index (κ1) is 19.9. The summed E-state index contributed by atoms with van der Waals surface area (Å²) >= 11 is 0. The minimum atomic E-state index is -0.245. The smallest absolute Gasteiger partial charge is 0.315 e. The van der Waals surface area contributed by atoms with Gasteiger partial charge in [0.1, 0.15) is 30.0 Å². The maximum absolute atomic E-state index is 12.1. The summed E-state index contributed by atoms with van der Waals surface area (Å²) in [5, 5.41) is 5.67. The van der Waals surface area contributed by atoms with Crippen molar-refractivity contribution in [3.8, 4) is 17.2 Å². The Morgan fingerprint density at radius 2 is 2.07 bits per heavy atom. The topological polar surface area (TPSA) is 68.8 Å². The molecule has 0 aromatic heterocycles. The lowest BCUT2D eigenvalue weighted by atomic mass is 10.1. The first-order chi connectivity index (χ1) is 13.5. The highest BCUT2D eigenvalue weighted by molar-refractivity contribution is 5.74. The Labute approximate surface area is 166 Å². The SMILES string of the molecule is CCOc1cc2c(cc1CNC(=O)NCCOc1cccc(C)c1)OC(C)C2. The van der Waals surface area contributed by atoms with Gasteiger partial charge in [0.05, 0.1) is 13.2 Å². The maximum atomic E-state index is 12.1. The number of amides is 2. The molecule has 2 aromatic rings. The molecule has 150 valence electrons. The molecule has 0 saturated carbocycles. The van der Waals surface area contributed by atoms with E-state index >= 15 is 0 Å². The monoisotopic (exact) mass is 384 g/mol. The number of ether oxygens (including phenoxy) is 3. The van der Waals surface area contributed by atoms with Gasteiger partial charge in [-0.2, -0.15) is 0 Å². The lowest BCUT2D eigenvalue weighted by molar-refractivity contribution is 0.235. The second-order valence-corrected chi connectivity index (χ2v) is 6.91. The second-order valence-electron chi connectivity index (χ2n) is 6.91. The van der Waals surface area contributed by atoms with Crippen molar-refractivity contribution in [3.05, 3.63) is 53.1 Å². The number of rotatable bonds is 8. The van der Waals surface area contributed by atoms with Gasteiger partial charge >= 0.3 is 6.03 Å². The predicted molar refractivity (Wildman–Crippen MR) is 108 cm³/mol. The van der Waals surface area contributed by atoms with E-state index in [9.17, 15) is 4.79 Å². The van der Waals surface area contributed by atoms with Crippen molar-refractivity contribution in [1.29, 1.82) is 0 Å². The first-order valence-electron chi connectivity index (χ1n) is 9.71. The predicted octanol–water partition coefficient (Wildman–Crippen LogP) is 3.60. The van der Waals surface area contributed by atoms with Gasteiger partial charge in [-0.1, -0.05) is 12.1 Å². The van der Waals surface area contributed by atoms with Crippen LogP contribution in [0.4, 0.5) is 4.79 Å². The number of aryl methyl sites for hydroxylation is 1. The summed E-state index contributed by atoms with van der Waals surface area (Å²) in [5.74, 6) is 2.47. The summed E-state index contributed by atoms with van der Waals surface area (Å²) < 4.78 is 17.2. The van der Waals surface area contributed by atoms with Gasteiger partial charge in [-0.05, 0) is 50.6 Å². The van der Waals surface area contributed by atoms with Crippen LogP contribution in [0.15, 0.2) is 36.4 Å². The number of hydrogen-bond donors (Lipinski definition) is 2. The molecular weight excluding hydrogens is 356 g/mol. The van der Waals surface area contributed by atoms with E-state index in [1.807, 2.05) is 57.2 Å². The first-order valence-corrected chi connectivity index (χ1v) is 9.71. The van der Waals surface area contributed by atoms with Crippen LogP contribution in [0.2, 0.25) is 0 Å².